The molecular weight excluding hydrogens is 378 g/mol. The number of fused-ring (bicyclic) bond motifs is 1. The van der Waals surface area contributed by atoms with Gasteiger partial charge in [-0.25, -0.2) is 4.98 Å². The van der Waals surface area contributed by atoms with Crippen molar-refractivity contribution in [1.29, 1.82) is 0 Å². The van der Waals surface area contributed by atoms with Gasteiger partial charge in [0.25, 0.3) is 5.91 Å². The van der Waals surface area contributed by atoms with Crippen molar-refractivity contribution in [3.8, 4) is 0 Å². The molecule has 2 saturated heterocycles. The Morgan fingerprint density at radius 1 is 1.27 bits per heavy atom. The zero-order valence-corrected chi connectivity index (χ0v) is 18.3. The third-order valence-electron chi connectivity index (χ3n) is 6.77. The fourth-order valence-corrected chi connectivity index (χ4v) is 4.77. The Labute approximate surface area is 178 Å². The topological polar surface area (TPSA) is 81.3 Å². The van der Waals surface area contributed by atoms with Crippen molar-refractivity contribution in [2.75, 3.05) is 39.8 Å². The van der Waals surface area contributed by atoms with Crippen molar-refractivity contribution in [1.82, 2.24) is 25.1 Å². The number of aromatic amines is 1. The van der Waals surface area contributed by atoms with E-state index in [0.717, 1.165) is 62.2 Å². The number of piperidine rings is 2. The monoisotopic (exact) mass is 411 g/mol. The van der Waals surface area contributed by atoms with Gasteiger partial charge < -0.3 is 20.1 Å². The zero-order valence-electron chi connectivity index (χ0n) is 18.3. The highest BCUT2D eigenvalue weighted by Gasteiger charge is 2.39. The maximum atomic E-state index is 13.2. The van der Waals surface area contributed by atoms with Crippen molar-refractivity contribution >= 4 is 22.8 Å². The molecule has 2 aliphatic rings. The molecule has 2 N–H and O–H groups in total. The number of carbonyl (C=O) groups excluding carboxylic acids is 2. The van der Waals surface area contributed by atoms with E-state index in [1.54, 1.807) is 0 Å². The molecule has 2 amide bonds. The van der Waals surface area contributed by atoms with Gasteiger partial charge in [-0.2, -0.15) is 0 Å². The number of carbonyl (C=O) groups is 2. The lowest BCUT2D eigenvalue weighted by molar-refractivity contribution is -0.132. The number of aromatic nitrogens is 2. The van der Waals surface area contributed by atoms with Gasteiger partial charge >= 0.3 is 0 Å². The van der Waals surface area contributed by atoms with E-state index >= 15 is 0 Å². The van der Waals surface area contributed by atoms with Gasteiger partial charge in [0, 0.05) is 25.2 Å². The van der Waals surface area contributed by atoms with Crippen LogP contribution in [0.15, 0.2) is 18.2 Å². The van der Waals surface area contributed by atoms with Gasteiger partial charge in [0.05, 0.1) is 16.4 Å². The van der Waals surface area contributed by atoms with Crippen LogP contribution in [0.1, 0.15) is 48.8 Å². The Morgan fingerprint density at radius 2 is 2.03 bits per heavy atom. The molecule has 4 rings (SSSR count). The molecule has 3 heterocycles. The van der Waals surface area contributed by atoms with Gasteiger partial charge in [-0.15, -0.1) is 0 Å². The SMILES string of the molecule is Cc1nc2ccc(C(=O)N3CCC[C@@](C)(C(=O)NCC4CCN(C)CC4)C3)cc2[nH]1. The maximum absolute atomic E-state index is 13.2. The summed E-state index contributed by atoms with van der Waals surface area (Å²) in [6.45, 7) is 7.99. The predicted octanol–water partition coefficient (Wildman–Crippen LogP) is 2.57. The van der Waals surface area contributed by atoms with Gasteiger partial charge in [-0.1, -0.05) is 0 Å². The van der Waals surface area contributed by atoms with Crippen LogP contribution in [0.3, 0.4) is 0 Å². The first-order valence-electron chi connectivity index (χ1n) is 11.1. The number of nitrogens with zero attached hydrogens (tertiary/aromatic N) is 3. The van der Waals surface area contributed by atoms with Gasteiger partial charge in [0.15, 0.2) is 0 Å². The van der Waals surface area contributed by atoms with Crippen LogP contribution >= 0.6 is 0 Å². The number of imidazole rings is 1. The fraction of sp³-hybridized carbons (Fsp3) is 0.609. The first-order chi connectivity index (χ1) is 14.3. The number of nitrogens with one attached hydrogen (secondary N) is 2. The third kappa shape index (κ3) is 4.36. The number of amides is 2. The average molecular weight is 412 g/mol. The van der Waals surface area contributed by atoms with Gasteiger partial charge in [-0.3, -0.25) is 9.59 Å². The van der Waals surface area contributed by atoms with E-state index < -0.39 is 5.41 Å². The Kier molecular flexibility index (Phi) is 5.82. The van der Waals surface area contributed by atoms with Gasteiger partial charge in [0.1, 0.15) is 5.82 Å². The summed E-state index contributed by atoms with van der Waals surface area (Å²) in [6.07, 6.45) is 3.92. The van der Waals surface area contributed by atoms with Crippen molar-refractivity contribution in [3.63, 3.8) is 0 Å². The van der Waals surface area contributed by atoms with E-state index in [-0.39, 0.29) is 11.8 Å². The summed E-state index contributed by atoms with van der Waals surface area (Å²) in [5.41, 5.74) is 1.84. The lowest BCUT2D eigenvalue weighted by Gasteiger charge is -2.40. The average Bonchev–Trinajstić information content (AvgIpc) is 3.11. The lowest BCUT2D eigenvalue weighted by Crippen LogP contribution is -2.52. The Hall–Kier alpha value is -2.41. The van der Waals surface area contributed by atoms with E-state index in [1.807, 2.05) is 36.9 Å². The Morgan fingerprint density at radius 3 is 2.80 bits per heavy atom. The fourth-order valence-electron chi connectivity index (χ4n) is 4.77. The van der Waals surface area contributed by atoms with E-state index in [1.165, 1.54) is 0 Å². The molecule has 0 unspecified atom stereocenters. The van der Waals surface area contributed by atoms with Crippen LogP contribution in [0.25, 0.3) is 11.0 Å². The Bertz CT molecular complexity index is 931. The second-order valence-corrected chi connectivity index (χ2v) is 9.40. The highest BCUT2D eigenvalue weighted by atomic mass is 16.2. The highest BCUT2D eigenvalue weighted by Crippen LogP contribution is 2.31. The molecule has 7 nitrogen and oxygen atoms in total. The molecule has 2 aliphatic heterocycles. The molecule has 7 heteroatoms. The van der Waals surface area contributed by atoms with Crippen LogP contribution in [0, 0.1) is 18.3 Å². The summed E-state index contributed by atoms with van der Waals surface area (Å²) in [6, 6.07) is 5.57. The number of aryl methyl sites for hydroxylation is 1. The molecule has 1 aromatic carbocycles. The van der Waals surface area contributed by atoms with E-state index in [0.29, 0.717) is 24.6 Å². The summed E-state index contributed by atoms with van der Waals surface area (Å²) >= 11 is 0. The van der Waals surface area contributed by atoms with Crippen molar-refractivity contribution in [2.45, 2.75) is 39.5 Å². The van der Waals surface area contributed by atoms with Crippen molar-refractivity contribution in [2.24, 2.45) is 11.3 Å². The molecule has 0 bridgehead atoms. The van der Waals surface area contributed by atoms with Crippen LogP contribution < -0.4 is 5.32 Å². The molecule has 2 fully saturated rings. The molecule has 30 heavy (non-hydrogen) atoms. The number of hydrogen-bond donors (Lipinski definition) is 2. The number of hydrogen-bond acceptors (Lipinski definition) is 4. The summed E-state index contributed by atoms with van der Waals surface area (Å²) in [7, 11) is 2.15. The van der Waals surface area contributed by atoms with Crippen LogP contribution in [0.2, 0.25) is 0 Å². The lowest BCUT2D eigenvalue weighted by atomic mass is 9.80. The molecule has 1 aromatic heterocycles. The second kappa shape index (κ2) is 8.38. The largest absolute Gasteiger partial charge is 0.355 e. The zero-order chi connectivity index (χ0) is 21.3. The van der Waals surface area contributed by atoms with E-state index in [4.69, 9.17) is 0 Å². The number of rotatable bonds is 4. The van der Waals surface area contributed by atoms with Crippen molar-refractivity contribution < 1.29 is 9.59 Å². The molecule has 1 atom stereocenters. The van der Waals surface area contributed by atoms with Crippen LogP contribution in [-0.2, 0) is 4.79 Å². The summed E-state index contributed by atoms with van der Waals surface area (Å²) in [4.78, 5) is 38.0. The normalized spacial score (nSPS) is 23.6. The van der Waals surface area contributed by atoms with E-state index in [9.17, 15) is 9.59 Å². The minimum Gasteiger partial charge on any atom is -0.355 e. The molecule has 162 valence electrons. The molecule has 2 aromatic rings. The van der Waals surface area contributed by atoms with Crippen LogP contribution in [-0.4, -0.2) is 71.4 Å². The number of H-pyrrole nitrogens is 1. The Balaban J connectivity index is 1.39. The quantitative estimate of drug-likeness (QED) is 0.810. The molecule has 0 saturated carbocycles. The summed E-state index contributed by atoms with van der Waals surface area (Å²) in [5, 5.41) is 3.19. The predicted molar refractivity (Wildman–Crippen MR) is 117 cm³/mol. The van der Waals surface area contributed by atoms with E-state index in [2.05, 4.69) is 27.2 Å². The standard InChI is InChI=1S/C23H33N5O2/c1-16-25-19-6-5-18(13-20(19)26-16)21(29)28-10-4-9-23(2,15-28)22(30)24-14-17-7-11-27(3)12-8-17/h5-6,13,17H,4,7-12,14-15H2,1-3H3,(H,24,30)(H,25,26)/t23-/m1/s1. The van der Waals surface area contributed by atoms with Gasteiger partial charge in [-0.05, 0) is 83.8 Å². The highest BCUT2D eigenvalue weighted by molar-refractivity contribution is 5.98. The number of benzene rings is 1. The maximum Gasteiger partial charge on any atom is 0.253 e. The number of likely N-dealkylation sites (tertiary alicyclic amines) is 2. The molecule has 0 radical (unpaired) electrons. The third-order valence-corrected chi connectivity index (χ3v) is 6.77. The van der Waals surface area contributed by atoms with Crippen molar-refractivity contribution in [3.05, 3.63) is 29.6 Å². The smallest absolute Gasteiger partial charge is 0.253 e. The molecular formula is C23H33N5O2. The molecule has 0 spiro atoms. The minimum absolute atomic E-state index is 0.0156. The molecule has 0 aliphatic carbocycles. The first kappa shape index (κ1) is 20.8. The summed E-state index contributed by atoms with van der Waals surface area (Å²) < 4.78 is 0. The minimum atomic E-state index is -0.534. The first-order valence-corrected chi connectivity index (χ1v) is 11.1. The second-order valence-electron chi connectivity index (χ2n) is 9.40. The van der Waals surface area contributed by atoms with Crippen LogP contribution in [0.5, 0.6) is 0 Å². The summed E-state index contributed by atoms with van der Waals surface area (Å²) in [5.74, 6) is 1.46. The van der Waals surface area contributed by atoms with Gasteiger partial charge in [0.2, 0.25) is 5.91 Å². The van der Waals surface area contributed by atoms with Crippen LogP contribution in [0.4, 0.5) is 0 Å².